The standard InChI is InChI=1S/C24H31N3O2/c1-17(2)20-8-10-21(11-9-20)25-23(28)16-24(29)27-14-12-26(13-15-27)22-7-5-6-18(3)19(22)4/h5-11,17H,12-16H2,1-4H3,(H,25,28). The van der Waals surface area contributed by atoms with Gasteiger partial charge in [-0.25, -0.2) is 0 Å². The summed E-state index contributed by atoms with van der Waals surface area (Å²) in [7, 11) is 0. The summed E-state index contributed by atoms with van der Waals surface area (Å²) in [6.07, 6.45) is -0.116. The number of carbonyl (C=O) groups is 2. The molecule has 2 aromatic carbocycles. The Morgan fingerprint density at radius 3 is 2.24 bits per heavy atom. The van der Waals surface area contributed by atoms with Crippen molar-refractivity contribution in [3.05, 3.63) is 59.2 Å². The predicted molar refractivity (Wildman–Crippen MR) is 118 cm³/mol. The first-order chi connectivity index (χ1) is 13.8. The molecule has 0 aromatic heterocycles. The molecule has 5 heteroatoms. The van der Waals surface area contributed by atoms with Gasteiger partial charge in [-0.15, -0.1) is 0 Å². The molecule has 0 bridgehead atoms. The third-order valence-corrected chi connectivity index (χ3v) is 5.72. The van der Waals surface area contributed by atoms with E-state index in [2.05, 4.69) is 56.1 Å². The smallest absolute Gasteiger partial charge is 0.233 e. The molecule has 2 amide bonds. The Morgan fingerprint density at radius 1 is 0.966 bits per heavy atom. The zero-order chi connectivity index (χ0) is 21.0. The van der Waals surface area contributed by atoms with E-state index in [0.717, 1.165) is 18.8 Å². The highest BCUT2D eigenvalue weighted by Crippen LogP contribution is 2.24. The molecule has 0 saturated carbocycles. The van der Waals surface area contributed by atoms with Crippen LogP contribution in [-0.4, -0.2) is 42.9 Å². The zero-order valence-corrected chi connectivity index (χ0v) is 17.9. The topological polar surface area (TPSA) is 52.7 Å². The Morgan fingerprint density at radius 2 is 1.62 bits per heavy atom. The number of hydrogen-bond acceptors (Lipinski definition) is 3. The molecule has 0 atom stereocenters. The van der Waals surface area contributed by atoms with Crippen molar-refractivity contribution >= 4 is 23.2 Å². The van der Waals surface area contributed by atoms with Crippen LogP contribution in [0.5, 0.6) is 0 Å². The van der Waals surface area contributed by atoms with Gasteiger partial charge >= 0.3 is 0 Å². The quantitative estimate of drug-likeness (QED) is 0.778. The highest BCUT2D eigenvalue weighted by atomic mass is 16.2. The fraction of sp³-hybridized carbons (Fsp3) is 0.417. The molecule has 1 N–H and O–H groups in total. The molecule has 2 aromatic rings. The monoisotopic (exact) mass is 393 g/mol. The SMILES string of the molecule is Cc1cccc(N2CCN(C(=O)CC(=O)Nc3ccc(C(C)C)cc3)CC2)c1C. The van der Waals surface area contributed by atoms with Gasteiger partial charge in [0, 0.05) is 37.6 Å². The molecule has 0 aliphatic carbocycles. The first-order valence-corrected chi connectivity index (χ1v) is 10.3. The first-order valence-electron chi connectivity index (χ1n) is 10.3. The third kappa shape index (κ3) is 5.17. The van der Waals surface area contributed by atoms with Crippen LogP contribution in [0.25, 0.3) is 0 Å². The van der Waals surface area contributed by atoms with E-state index in [4.69, 9.17) is 0 Å². The van der Waals surface area contributed by atoms with Crippen LogP contribution in [0.4, 0.5) is 11.4 Å². The molecular weight excluding hydrogens is 362 g/mol. The second kappa shape index (κ2) is 9.12. The number of amides is 2. The highest BCUT2D eigenvalue weighted by Gasteiger charge is 2.23. The van der Waals surface area contributed by atoms with Crippen LogP contribution in [0.2, 0.25) is 0 Å². The zero-order valence-electron chi connectivity index (χ0n) is 17.9. The van der Waals surface area contributed by atoms with Crippen molar-refractivity contribution in [2.75, 3.05) is 36.4 Å². The second-order valence-electron chi connectivity index (χ2n) is 8.09. The van der Waals surface area contributed by atoms with Gasteiger partial charge in [-0.1, -0.05) is 38.1 Å². The van der Waals surface area contributed by atoms with Crippen LogP contribution in [-0.2, 0) is 9.59 Å². The molecule has 1 saturated heterocycles. The van der Waals surface area contributed by atoms with Gasteiger partial charge in [-0.05, 0) is 54.7 Å². The van der Waals surface area contributed by atoms with Gasteiger partial charge in [-0.3, -0.25) is 9.59 Å². The number of nitrogens with one attached hydrogen (secondary N) is 1. The summed E-state index contributed by atoms with van der Waals surface area (Å²) < 4.78 is 0. The third-order valence-electron chi connectivity index (χ3n) is 5.72. The molecular formula is C24H31N3O2. The van der Waals surface area contributed by atoms with E-state index in [1.165, 1.54) is 22.4 Å². The molecule has 5 nitrogen and oxygen atoms in total. The maximum absolute atomic E-state index is 12.6. The molecule has 1 heterocycles. The van der Waals surface area contributed by atoms with Crippen LogP contribution in [0.15, 0.2) is 42.5 Å². The number of hydrogen-bond donors (Lipinski definition) is 1. The minimum atomic E-state index is -0.260. The molecule has 29 heavy (non-hydrogen) atoms. The molecule has 154 valence electrons. The molecule has 0 unspecified atom stereocenters. The van der Waals surface area contributed by atoms with Gasteiger partial charge in [-0.2, -0.15) is 0 Å². The lowest BCUT2D eigenvalue weighted by Crippen LogP contribution is -2.49. The van der Waals surface area contributed by atoms with E-state index in [1.54, 1.807) is 4.90 Å². The number of rotatable bonds is 5. The maximum atomic E-state index is 12.6. The van der Waals surface area contributed by atoms with Gasteiger partial charge in [0.2, 0.25) is 11.8 Å². The van der Waals surface area contributed by atoms with Gasteiger partial charge in [0.15, 0.2) is 0 Å². The van der Waals surface area contributed by atoms with Crippen LogP contribution in [0, 0.1) is 13.8 Å². The van der Waals surface area contributed by atoms with Crippen molar-refractivity contribution in [1.29, 1.82) is 0 Å². The molecule has 1 aliphatic heterocycles. The number of carbonyl (C=O) groups excluding carboxylic acids is 2. The highest BCUT2D eigenvalue weighted by molar-refractivity contribution is 6.03. The van der Waals surface area contributed by atoms with Crippen molar-refractivity contribution in [2.45, 2.75) is 40.0 Å². The minimum absolute atomic E-state index is 0.109. The van der Waals surface area contributed by atoms with Gasteiger partial charge < -0.3 is 15.1 Å². The Bertz CT molecular complexity index is 866. The van der Waals surface area contributed by atoms with Crippen molar-refractivity contribution in [3.8, 4) is 0 Å². The van der Waals surface area contributed by atoms with Gasteiger partial charge in [0.1, 0.15) is 6.42 Å². The summed E-state index contributed by atoms with van der Waals surface area (Å²) >= 11 is 0. The van der Waals surface area contributed by atoms with E-state index >= 15 is 0 Å². The van der Waals surface area contributed by atoms with Gasteiger partial charge in [0.05, 0.1) is 0 Å². The predicted octanol–water partition coefficient (Wildman–Crippen LogP) is 4.10. The Balaban J connectivity index is 1.50. The van der Waals surface area contributed by atoms with E-state index in [-0.39, 0.29) is 18.2 Å². The summed E-state index contributed by atoms with van der Waals surface area (Å²) in [6, 6.07) is 14.1. The number of aryl methyl sites for hydroxylation is 1. The average Bonchev–Trinajstić information content (AvgIpc) is 2.70. The number of benzene rings is 2. The summed E-state index contributed by atoms with van der Waals surface area (Å²) in [4.78, 5) is 29.0. The lowest BCUT2D eigenvalue weighted by atomic mass is 10.0. The molecule has 0 radical (unpaired) electrons. The van der Waals surface area contributed by atoms with Crippen LogP contribution >= 0.6 is 0 Å². The Kier molecular flexibility index (Phi) is 6.57. The van der Waals surface area contributed by atoms with Crippen LogP contribution in [0.1, 0.15) is 42.9 Å². The Labute approximate surface area is 173 Å². The number of piperazine rings is 1. The van der Waals surface area contributed by atoms with E-state index in [0.29, 0.717) is 19.0 Å². The summed E-state index contributed by atoms with van der Waals surface area (Å²) in [5.41, 5.74) is 5.75. The van der Waals surface area contributed by atoms with Crippen molar-refractivity contribution in [2.24, 2.45) is 0 Å². The number of nitrogens with zero attached hydrogens (tertiary/aromatic N) is 2. The summed E-state index contributed by atoms with van der Waals surface area (Å²) in [6.45, 7) is 11.4. The normalized spacial score (nSPS) is 14.2. The molecule has 0 spiro atoms. The lowest BCUT2D eigenvalue weighted by Gasteiger charge is -2.37. The lowest BCUT2D eigenvalue weighted by molar-refractivity contribution is -0.134. The van der Waals surface area contributed by atoms with Crippen molar-refractivity contribution in [3.63, 3.8) is 0 Å². The van der Waals surface area contributed by atoms with Crippen molar-refractivity contribution < 1.29 is 9.59 Å². The van der Waals surface area contributed by atoms with Crippen LogP contribution in [0.3, 0.4) is 0 Å². The summed E-state index contributed by atoms with van der Waals surface area (Å²) in [5.74, 6) is 0.0785. The Hall–Kier alpha value is -2.82. The average molecular weight is 394 g/mol. The molecule has 1 fully saturated rings. The summed E-state index contributed by atoms with van der Waals surface area (Å²) in [5, 5.41) is 2.83. The van der Waals surface area contributed by atoms with Crippen molar-refractivity contribution in [1.82, 2.24) is 4.90 Å². The van der Waals surface area contributed by atoms with E-state index < -0.39 is 0 Å². The van der Waals surface area contributed by atoms with E-state index in [1.807, 2.05) is 24.3 Å². The van der Waals surface area contributed by atoms with Crippen LogP contribution < -0.4 is 10.2 Å². The minimum Gasteiger partial charge on any atom is -0.368 e. The fourth-order valence-corrected chi connectivity index (χ4v) is 3.68. The molecule has 1 aliphatic rings. The number of anilines is 2. The maximum Gasteiger partial charge on any atom is 0.233 e. The van der Waals surface area contributed by atoms with E-state index in [9.17, 15) is 9.59 Å². The largest absolute Gasteiger partial charge is 0.368 e. The van der Waals surface area contributed by atoms with Gasteiger partial charge in [0.25, 0.3) is 0 Å². The first kappa shape index (κ1) is 20.9. The molecule has 3 rings (SSSR count). The second-order valence-corrected chi connectivity index (χ2v) is 8.09. The fourth-order valence-electron chi connectivity index (χ4n) is 3.68.